The Morgan fingerprint density at radius 2 is 1.80 bits per heavy atom. The lowest BCUT2D eigenvalue weighted by molar-refractivity contribution is -0.128. The normalized spacial score (nSPS) is 35.8. The number of hydrogen-bond acceptors (Lipinski definition) is 8. The molecule has 9 nitrogen and oxygen atoms in total. The fraction of sp³-hybridized carbons (Fsp3) is 0.467. The molecule has 2 aliphatic rings. The van der Waals surface area contributed by atoms with Crippen molar-refractivity contribution in [3.8, 4) is 0 Å². The third kappa shape index (κ3) is 2.49. The van der Waals surface area contributed by atoms with E-state index in [-0.39, 0.29) is 4.90 Å². The van der Waals surface area contributed by atoms with Gasteiger partial charge in [-0.2, -0.15) is 0 Å². The highest BCUT2D eigenvalue weighted by molar-refractivity contribution is 7.93. The van der Waals surface area contributed by atoms with Crippen molar-refractivity contribution in [3.05, 3.63) is 30.3 Å². The van der Waals surface area contributed by atoms with Gasteiger partial charge in [0.25, 0.3) is 5.91 Å². The largest absolute Gasteiger partial charge is 0.394 e. The lowest BCUT2D eigenvalue weighted by atomic mass is 9.93. The Kier molecular flexibility index (Phi) is 4.41. The zero-order chi connectivity index (χ0) is 18.4. The van der Waals surface area contributed by atoms with Gasteiger partial charge in [-0.1, -0.05) is 18.2 Å². The molecule has 2 saturated heterocycles. The Morgan fingerprint density at radius 1 is 1.16 bits per heavy atom. The number of hydrogen-bond donors (Lipinski definition) is 4. The summed E-state index contributed by atoms with van der Waals surface area (Å²) >= 11 is 0. The van der Waals surface area contributed by atoms with Crippen LogP contribution in [0.1, 0.15) is 6.42 Å². The van der Waals surface area contributed by atoms with E-state index in [1.807, 2.05) is 5.32 Å². The summed E-state index contributed by atoms with van der Waals surface area (Å²) in [4.78, 5) is 24.1. The van der Waals surface area contributed by atoms with Crippen molar-refractivity contribution in [2.75, 3.05) is 6.61 Å². The predicted molar refractivity (Wildman–Crippen MR) is 81.9 cm³/mol. The average Bonchev–Trinajstić information content (AvgIpc) is 3.05. The van der Waals surface area contributed by atoms with Crippen LogP contribution in [0.4, 0.5) is 0 Å². The third-order valence-corrected chi connectivity index (χ3v) is 7.01. The number of carbonyl (C=O) groups excluding carboxylic acids is 2. The Bertz CT molecular complexity index is 795. The number of sulfone groups is 1. The number of benzene rings is 1. The van der Waals surface area contributed by atoms with Crippen LogP contribution in [0, 0.1) is 0 Å². The quantitative estimate of drug-likeness (QED) is 0.433. The van der Waals surface area contributed by atoms with E-state index in [2.05, 4.69) is 0 Å². The molecule has 4 N–H and O–H groups in total. The van der Waals surface area contributed by atoms with Crippen LogP contribution in [-0.2, 0) is 24.2 Å². The molecule has 1 aromatic rings. The van der Waals surface area contributed by atoms with Crippen molar-refractivity contribution in [1.29, 1.82) is 0 Å². The Balaban J connectivity index is 2.17. The van der Waals surface area contributed by atoms with E-state index < -0.39 is 63.8 Å². The molecule has 5 atom stereocenters. The smallest absolute Gasteiger partial charge is 0.251 e. The van der Waals surface area contributed by atoms with Crippen LogP contribution >= 0.6 is 0 Å². The highest BCUT2D eigenvalue weighted by Gasteiger charge is 2.67. The topological polar surface area (TPSA) is 150 Å². The van der Waals surface area contributed by atoms with Gasteiger partial charge in [-0.3, -0.25) is 14.9 Å². The molecule has 1 unspecified atom stereocenters. The molecule has 2 aliphatic heterocycles. The van der Waals surface area contributed by atoms with Gasteiger partial charge >= 0.3 is 0 Å². The van der Waals surface area contributed by atoms with Crippen LogP contribution < -0.4 is 5.32 Å². The molecular formula is C15H17NO8S. The summed E-state index contributed by atoms with van der Waals surface area (Å²) in [6.07, 6.45) is -7.10. The number of carbonyl (C=O) groups is 2. The van der Waals surface area contributed by atoms with Crippen LogP contribution in [0.15, 0.2) is 35.2 Å². The molecule has 0 aliphatic carbocycles. The van der Waals surface area contributed by atoms with Gasteiger partial charge in [-0.25, -0.2) is 8.42 Å². The van der Waals surface area contributed by atoms with E-state index in [9.17, 15) is 33.3 Å². The first-order chi connectivity index (χ1) is 11.8. The number of aliphatic hydroxyl groups is 3. The molecule has 3 rings (SSSR count). The van der Waals surface area contributed by atoms with Gasteiger partial charge in [-0.05, 0) is 12.1 Å². The van der Waals surface area contributed by atoms with Gasteiger partial charge in [0.1, 0.15) is 24.4 Å². The second-order valence-corrected chi connectivity index (χ2v) is 8.23. The van der Waals surface area contributed by atoms with Crippen LogP contribution in [0.5, 0.6) is 0 Å². The summed E-state index contributed by atoms with van der Waals surface area (Å²) < 4.78 is 29.3. The number of rotatable bonds is 4. The van der Waals surface area contributed by atoms with Crippen molar-refractivity contribution in [2.45, 2.75) is 40.5 Å². The zero-order valence-corrected chi connectivity index (χ0v) is 13.7. The van der Waals surface area contributed by atoms with Crippen LogP contribution in [0.2, 0.25) is 0 Å². The summed E-state index contributed by atoms with van der Waals surface area (Å²) in [5.74, 6) is -1.96. The third-order valence-electron chi connectivity index (χ3n) is 4.60. The monoisotopic (exact) mass is 371 g/mol. The zero-order valence-electron chi connectivity index (χ0n) is 12.9. The van der Waals surface area contributed by atoms with E-state index in [1.54, 1.807) is 6.07 Å². The molecule has 0 radical (unpaired) electrons. The van der Waals surface area contributed by atoms with E-state index >= 15 is 0 Å². The maximum Gasteiger partial charge on any atom is 0.251 e. The van der Waals surface area contributed by atoms with Crippen molar-refractivity contribution in [1.82, 2.24) is 5.32 Å². The molecule has 2 heterocycles. The maximum absolute atomic E-state index is 13.2. The first kappa shape index (κ1) is 18.0. The first-order valence-corrected chi connectivity index (χ1v) is 9.00. The second-order valence-electron chi connectivity index (χ2n) is 6.02. The average molecular weight is 371 g/mol. The SMILES string of the molecule is O=C1CC([C@H]2O[C@@H](CO)[C@H](O)[C@@H]2O)(S(=O)(=O)c2ccccc2)C(=O)N1. The summed E-state index contributed by atoms with van der Waals surface area (Å²) in [6.45, 7) is -0.689. The summed E-state index contributed by atoms with van der Waals surface area (Å²) in [6, 6.07) is 7.00. The van der Waals surface area contributed by atoms with Gasteiger partial charge in [0, 0.05) is 0 Å². The second kappa shape index (κ2) is 6.15. The predicted octanol–water partition coefficient (Wildman–Crippen LogP) is -2.27. The lowest BCUT2D eigenvalue weighted by Gasteiger charge is -2.32. The Hall–Kier alpha value is -1.85. The molecule has 0 bridgehead atoms. The molecule has 0 saturated carbocycles. The van der Waals surface area contributed by atoms with Crippen molar-refractivity contribution >= 4 is 21.7 Å². The molecule has 2 fully saturated rings. The number of aliphatic hydroxyl groups excluding tert-OH is 3. The Labute approximate surface area is 143 Å². The number of nitrogens with one attached hydrogen (secondary N) is 1. The van der Waals surface area contributed by atoms with Crippen LogP contribution in [0.3, 0.4) is 0 Å². The van der Waals surface area contributed by atoms with Crippen LogP contribution in [-0.4, -0.2) is 71.3 Å². The van der Waals surface area contributed by atoms with Crippen molar-refractivity contribution in [3.63, 3.8) is 0 Å². The van der Waals surface area contributed by atoms with Gasteiger partial charge in [-0.15, -0.1) is 0 Å². The fourth-order valence-corrected chi connectivity index (χ4v) is 5.34. The van der Waals surface area contributed by atoms with E-state index in [4.69, 9.17) is 4.74 Å². The molecule has 25 heavy (non-hydrogen) atoms. The number of amides is 2. The molecule has 136 valence electrons. The molecule has 10 heteroatoms. The minimum atomic E-state index is -4.46. The standard InChI is InChI=1S/C15H17NO8S/c17-7-9-11(19)12(20)13(24-9)15(6-10(18)16-14(15)21)25(22,23)8-4-2-1-3-5-8/h1-5,9,11-13,17,19-20H,6-7H2,(H,16,18,21)/t9-,11-,12-,13-,15?/m0/s1. The van der Waals surface area contributed by atoms with E-state index in [0.29, 0.717) is 0 Å². The molecule has 2 amide bonds. The van der Waals surface area contributed by atoms with Gasteiger partial charge in [0.2, 0.25) is 5.91 Å². The first-order valence-electron chi connectivity index (χ1n) is 7.52. The maximum atomic E-state index is 13.2. The van der Waals surface area contributed by atoms with E-state index in [1.165, 1.54) is 24.3 Å². The van der Waals surface area contributed by atoms with Crippen molar-refractivity contribution in [2.24, 2.45) is 0 Å². The van der Waals surface area contributed by atoms with E-state index in [0.717, 1.165) is 0 Å². The minimum absolute atomic E-state index is 0.224. The molecule has 0 spiro atoms. The summed E-state index contributed by atoms with van der Waals surface area (Å²) in [5.41, 5.74) is 0. The minimum Gasteiger partial charge on any atom is -0.394 e. The van der Waals surface area contributed by atoms with Crippen LogP contribution in [0.25, 0.3) is 0 Å². The van der Waals surface area contributed by atoms with Gasteiger partial charge in [0.05, 0.1) is 17.9 Å². The fourth-order valence-electron chi connectivity index (χ4n) is 3.29. The Morgan fingerprint density at radius 3 is 2.28 bits per heavy atom. The van der Waals surface area contributed by atoms with Gasteiger partial charge < -0.3 is 20.1 Å². The summed E-state index contributed by atoms with van der Waals surface area (Å²) in [7, 11) is -4.46. The number of imide groups is 1. The number of ether oxygens (including phenoxy) is 1. The lowest BCUT2D eigenvalue weighted by Crippen LogP contribution is -2.58. The summed E-state index contributed by atoms with van der Waals surface area (Å²) in [5, 5.41) is 31.4. The van der Waals surface area contributed by atoms with Gasteiger partial charge in [0.15, 0.2) is 14.6 Å². The molecular weight excluding hydrogens is 354 g/mol. The highest BCUT2D eigenvalue weighted by atomic mass is 32.2. The molecule has 0 aromatic heterocycles. The van der Waals surface area contributed by atoms with Crippen molar-refractivity contribution < 1.29 is 38.1 Å². The highest BCUT2D eigenvalue weighted by Crippen LogP contribution is 2.42. The molecule has 1 aromatic carbocycles.